The van der Waals surface area contributed by atoms with Crippen molar-refractivity contribution in [2.24, 2.45) is 0 Å². The van der Waals surface area contributed by atoms with Crippen molar-refractivity contribution < 1.29 is 24.1 Å². The summed E-state index contributed by atoms with van der Waals surface area (Å²) in [6, 6.07) is 32.9. The van der Waals surface area contributed by atoms with Crippen LogP contribution in [0.25, 0.3) is 0 Å². The Morgan fingerprint density at radius 3 is 2.31 bits per heavy atom. The molecule has 0 spiro atoms. The first-order valence-electron chi connectivity index (χ1n) is 11.6. The molecule has 0 unspecified atom stereocenters. The van der Waals surface area contributed by atoms with Gasteiger partial charge in [0.05, 0.1) is 6.61 Å². The number of hydrogen-bond donors (Lipinski definition) is 1. The van der Waals surface area contributed by atoms with Crippen LogP contribution in [-0.4, -0.2) is 24.3 Å². The summed E-state index contributed by atoms with van der Waals surface area (Å²) in [7, 11) is 0. The van der Waals surface area contributed by atoms with Gasteiger partial charge in [0.1, 0.15) is 23.9 Å². The molecule has 1 N–H and O–H groups in total. The Morgan fingerprint density at radius 2 is 1.57 bits per heavy atom. The Labute approximate surface area is 204 Å². The molecule has 0 aromatic heterocycles. The van der Waals surface area contributed by atoms with E-state index in [1.54, 1.807) is 12.1 Å². The van der Waals surface area contributed by atoms with E-state index in [2.05, 4.69) is 12.1 Å². The van der Waals surface area contributed by atoms with Gasteiger partial charge in [0, 0.05) is 23.5 Å². The van der Waals surface area contributed by atoms with Crippen molar-refractivity contribution in [2.75, 3.05) is 13.2 Å². The van der Waals surface area contributed by atoms with E-state index in [0.717, 1.165) is 16.7 Å². The average molecular weight is 467 g/mol. The molecule has 0 saturated heterocycles. The van der Waals surface area contributed by atoms with Gasteiger partial charge in [-0.25, -0.2) is 4.79 Å². The number of phenolic OH excluding ortho intramolecular Hbond substituents is 1. The van der Waals surface area contributed by atoms with Crippen molar-refractivity contribution in [3.05, 3.63) is 125 Å². The van der Waals surface area contributed by atoms with E-state index in [1.165, 1.54) is 5.56 Å². The van der Waals surface area contributed by atoms with Crippen molar-refractivity contribution in [3.8, 4) is 17.2 Å². The molecule has 1 aliphatic rings. The molecule has 0 saturated carbocycles. The second kappa shape index (κ2) is 10.3. The Balaban J connectivity index is 1.30. The molecule has 1 heterocycles. The number of hydrogen-bond acceptors (Lipinski definition) is 5. The summed E-state index contributed by atoms with van der Waals surface area (Å²) in [5.74, 6) is 1.23. The normalized spacial score (nSPS) is 16.6. The number of benzene rings is 4. The summed E-state index contributed by atoms with van der Waals surface area (Å²) in [6.45, 7) is 0.580. The van der Waals surface area contributed by atoms with Gasteiger partial charge in [0.2, 0.25) is 0 Å². The number of fused-ring (bicyclic) bond motifs is 1. The standard InChI is InChI=1S/C30H26O5/c31-24-13-16-26-28(17-24)34-19-27(22-9-5-2-6-10-22)30(26)23-11-14-25(15-12-23)33-20-29(32)35-18-21-7-3-1-4-8-21/h1-17,27,30-31H,18-20H2/t27-,30-/m1/s1. The first kappa shape index (κ1) is 22.5. The lowest BCUT2D eigenvalue weighted by molar-refractivity contribution is -0.147. The molecule has 35 heavy (non-hydrogen) atoms. The Morgan fingerprint density at radius 1 is 0.857 bits per heavy atom. The minimum Gasteiger partial charge on any atom is -0.508 e. The van der Waals surface area contributed by atoms with Crippen molar-refractivity contribution >= 4 is 5.97 Å². The topological polar surface area (TPSA) is 65.0 Å². The van der Waals surface area contributed by atoms with Crippen LogP contribution in [0.3, 0.4) is 0 Å². The van der Waals surface area contributed by atoms with E-state index in [-0.39, 0.29) is 30.8 Å². The molecule has 0 bridgehead atoms. The van der Waals surface area contributed by atoms with E-state index < -0.39 is 5.97 Å². The minimum absolute atomic E-state index is 0.0478. The predicted octanol–water partition coefficient (Wildman–Crippen LogP) is 5.82. The maximum atomic E-state index is 12.1. The molecular formula is C30H26O5. The van der Waals surface area contributed by atoms with Crippen molar-refractivity contribution in [1.29, 1.82) is 0 Å². The third-order valence-corrected chi connectivity index (χ3v) is 6.22. The summed E-state index contributed by atoms with van der Waals surface area (Å²) in [4.78, 5) is 12.1. The first-order chi connectivity index (χ1) is 17.2. The summed E-state index contributed by atoms with van der Waals surface area (Å²) < 4.78 is 17.0. The van der Waals surface area contributed by atoms with Gasteiger partial charge in [-0.3, -0.25) is 0 Å². The van der Waals surface area contributed by atoms with Crippen LogP contribution < -0.4 is 9.47 Å². The summed E-state index contributed by atoms with van der Waals surface area (Å²) in [6.07, 6.45) is 0. The largest absolute Gasteiger partial charge is 0.508 e. The van der Waals surface area contributed by atoms with Crippen molar-refractivity contribution in [1.82, 2.24) is 0 Å². The number of carbonyl (C=O) groups excluding carboxylic acids is 1. The second-order valence-electron chi connectivity index (χ2n) is 8.53. The number of ether oxygens (including phenoxy) is 3. The Bertz CT molecular complexity index is 1270. The first-order valence-corrected chi connectivity index (χ1v) is 11.6. The van der Waals surface area contributed by atoms with Gasteiger partial charge in [-0.1, -0.05) is 78.9 Å². The third kappa shape index (κ3) is 5.30. The molecule has 2 atom stereocenters. The molecule has 0 amide bonds. The summed E-state index contributed by atoms with van der Waals surface area (Å²) in [5, 5.41) is 9.94. The second-order valence-corrected chi connectivity index (χ2v) is 8.53. The van der Waals surface area contributed by atoms with E-state index >= 15 is 0 Å². The lowest BCUT2D eigenvalue weighted by Crippen LogP contribution is -2.25. The number of rotatable bonds is 7. The number of carbonyl (C=O) groups is 1. The lowest BCUT2D eigenvalue weighted by Gasteiger charge is -2.34. The predicted molar refractivity (Wildman–Crippen MR) is 133 cm³/mol. The van der Waals surface area contributed by atoms with Crippen LogP contribution in [0.4, 0.5) is 0 Å². The van der Waals surface area contributed by atoms with Crippen molar-refractivity contribution in [2.45, 2.75) is 18.4 Å². The van der Waals surface area contributed by atoms with Gasteiger partial charge < -0.3 is 19.3 Å². The van der Waals surface area contributed by atoms with Crippen LogP contribution in [0.2, 0.25) is 0 Å². The number of esters is 1. The molecule has 0 radical (unpaired) electrons. The molecule has 0 fully saturated rings. The highest BCUT2D eigenvalue weighted by Gasteiger charge is 2.33. The molecule has 5 rings (SSSR count). The van der Waals surface area contributed by atoms with Gasteiger partial charge in [-0.15, -0.1) is 0 Å². The van der Waals surface area contributed by atoms with Crippen LogP contribution in [-0.2, 0) is 16.1 Å². The monoisotopic (exact) mass is 466 g/mol. The van der Waals surface area contributed by atoms with Crippen LogP contribution in [0.5, 0.6) is 17.2 Å². The van der Waals surface area contributed by atoms with Crippen LogP contribution >= 0.6 is 0 Å². The fourth-order valence-electron chi connectivity index (χ4n) is 4.49. The molecule has 0 aliphatic carbocycles. The minimum atomic E-state index is -0.416. The SMILES string of the molecule is O=C(COc1ccc([C@@H]2c3ccc(O)cc3OC[C@@H]2c2ccccc2)cc1)OCc1ccccc1. The molecule has 1 aliphatic heterocycles. The molecule has 5 nitrogen and oxygen atoms in total. The average Bonchev–Trinajstić information content (AvgIpc) is 2.91. The van der Waals surface area contributed by atoms with E-state index in [9.17, 15) is 9.90 Å². The van der Waals surface area contributed by atoms with Gasteiger partial charge >= 0.3 is 5.97 Å². The van der Waals surface area contributed by atoms with Gasteiger partial charge in [-0.2, -0.15) is 0 Å². The molecule has 4 aromatic carbocycles. The highest BCUT2D eigenvalue weighted by molar-refractivity contribution is 5.71. The fraction of sp³-hybridized carbons (Fsp3) is 0.167. The van der Waals surface area contributed by atoms with Crippen LogP contribution in [0, 0.1) is 0 Å². The molecule has 5 heteroatoms. The number of aromatic hydroxyl groups is 1. The smallest absolute Gasteiger partial charge is 0.344 e. The fourth-order valence-corrected chi connectivity index (χ4v) is 4.49. The zero-order chi connectivity index (χ0) is 24.0. The van der Waals surface area contributed by atoms with E-state index in [4.69, 9.17) is 14.2 Å². The third-order valence-electron chi connectivity index (χ3n) is 6.22. The molecular weight excluding hydrogens is 440 g/mol. The quantitative estimate of drug-likeness (QED) is 0.348. The molecule has 176 valence electrons. The zero-order valence-corrected chi connectivity index (χ0v) is 19.2. The maximum Gasteiger partial charge on any atom is 0.344 e. The van der Waals surface area contributed by atoms with E-state index in [0.29, 0.717) is 18.1 Å². The number of phenols is 1. The Kier molecular flexibility index (Phi) is 6.66. The van der Waals surface area contributed by atoms with E-state index in [1.807, 2.05) is 78.9 Å². The van der Waals surface area contributed by atoms with Gasteiger partial charge in [-0.05, 0) is 34.9 Å². The summed E-state index contributed by atoms with van der Waals surface area (Å²) >= 11 is 0. The van der Waals surface area contributed by atoms with Crippen LogP contribution in [0.15, 0.2) is 103 Å². The maximum absolute atomic E-state index is 12.1. The molecule has 4 aromatic rings. The lowest BCUT2D eigenvalue weighted by atomic mass is 9.76. The van der Waals surface area contributed by atoms with Crippen LogP contribution in [0.1, 0.15) is 34.1 Å². The highest BCUT2D eigenvalue weighted by Crippen LogP contribution is 2.47. The Hall–Kier alpha value is -4.25. The zero-order valence-electron chi connectivity index (χ0n) is 19.2. The van der Waals surface area contributed by atoms with Gasteiger partial charge in [0.15, 0.2) is 6.61 Å². The van der Waals surface area contributed by atoms with Crippen molar-refractivity contribution in [3.63, 3.8) is 0 Å². The summed E-state index contributed by atoms with van der Waals surface area (Å²) in [5.41, 5.74) is 4.26. The highest BCUT2D eigenvalue weighted by atomic mass is 16.6. The van der Waals surface area contributed by atoms with Gasteiger partial charge in [0.25, 0.3) is 0 Å².